The van der Waals surface area contributed by atoms with Gasteiger partial charge in [0.05, 0.1) is 6.61 Å². The van der Waals surface area contributed by atoms with Crippen LogP contribution in [0.1, 0.15) is 20.8 Å². The molecule has 1 aliphatic heterocycles. The van der Waals surface area contributed by atoms with Gasteiger partial charge >= 0.3 is 0 Å². The maximum Gasteiger partial charge on any atom is 0.0597 e. The van der Waals surface area contributed by atoms with E-state index in [1.54, 1.807) is 0 Å². The van der Waals surface area contributed by atoms with E-state index in [2.05, 4.69) is 35.9 Å². The molecule has 1 unspecified atom stereocenters. The molecule has 96 valence electrons. The van der Waals surface area contributed by atoms with Crippen molar-refractivity contribution in [1.29, 1.82) is 0 Å². The van der Waals surface area contributed by atoms with E-state index >= 15 is 0 Å². The minimum absolute atomic E-state index is 0.232. The third kappa shape index (κ3) is 4.37. The van der Waals surface area contributed by atoms with Crippen LogP contribution < -0.4 is 5.32 Å². The average Bonchev–Trinajstić information content (AvgIpc) is 2.29. The molecule has 0 aliphatic carbocycles. The normalized spacial score (nSPS) is 21.6. The summed E-state index contributed by atoms with van der Waals surface area (Å²) in [5.41, 5.74) is 0. The molecule has 1 saturated heterocycles. The van der Waals surface area contributed by atoms with Crippen molar-refractivity contribution in [1.82, 2.24) is 15.1 Å². The number of aliphatic hydroxyl groups excluding tert-OH is 1. The van der Waals surface area contributed by atoms with E-state index in [0.29, 0.717) is 6.04 Å². The summed E-state index contributed by atoms with van der Waals surface area (Å²) in [7, 11) is 0. The second kappa shape index (κ2) is 7.22. The Balaban J connectivity index is 2.25. The Morgan fingerprint density at radius 1 is 1.19 bits per heavy atom. The van der Waals surface area contributed by atoms with Crippen LogP contribution in [-0.4, -0.2) is 72.9 Å². The molecule has 4 nitrogen and oxygen atoms in total. The fourth-order valence-corrected chi connectivity index (χ4v) is 2.25. The number of hydrogen-bond acceptors (Lipinski definition) is 4. The molecular formula is C12H27N3O. The molecular weight excluding hydrogens is 202 g/mol. The van der Waals surface area contributed by atoms with Gasteiger partial charge in [-0.05, 0) is 20.4 Å². The lowest BCUT2D eigenvalue weighted by atomic mass is 10.2. The molecule has 1 heterocycles. The Kier molecular flexibility index (Phi) is 6.28. The minimum Gasteiger partial charge on any atom is -0.395 e. The summed E-state index contributed by atoms with van der Waals surface area (Å²) in [6.45, 7) is 13.3. The molecule has 0 spiro atoms. The first-order chi connectivity index (χ1) is 7.67. The van der Waals surface area contributed by atoms with Crippen LogP contribution in [0.5, 0.6) is 0 Å². The zero-order valence-electron chi connectivity index (χ0n) is 10.9. The van der Waals surface area contributed by atoms with E-state index in [0.717, 1.165) is 39.3 Å². The van der Waals surface area contributed by atoms with E-state index in [-0.39, 0.29) is 12.6 Å². The largest absolute Gasteiger partial charge is 0.395 e. The van der Waals surface area contributed by atoms with Gasteiger partial charge in [0.25, 0.3) is 0 Å². The maximum absolute atomic E-state index is 9.23. The highest BCUT2D eigenvalue weighted by Crippen LogP contribution is 2.06. The van der Waals surface area contributed by atoms with Gasteiger partial charge in [0, 0.05) is 44.8 Å². The van der Waals surface area contributed by atoms with Gasteiger partial charge in [-0.25, -0.2) is 0 Å². The fraction of sp³-hybridized carbons (Fsp3) is 1.00. The number of nitrogens with one attached hydrogen (secondary N) is 1. The van der Waals surface area contributed by atoms with Crippen LogP contribution in [-0.2, 0) is 0 Å². The van der Waals surface area contributed by atoms with Crippen LogP contribution in [0, 0.1) is 0 Å². The third-order valence-corrected chi connectivity index (χ3v) is 3.33. The molecule has 1 rings (SSSR count). The first kappa shape index (κ1) is 13.9. The molecule has 1 aliphatic rings. The van der Waals surface area contributed by atoms with E-state index in [9.17, 15) is 5.11 Å². The highest BCUT2D eigenvalue weighted by molar-refractivity contribution is 4.78. The van der Waals surface area contributed by atoms with Gasteiger partial charge < -0.3 is 10.4 Å². The van der Waals surface area contributed by atoms with Crippen molar-refractivity contribution >= 4 is 0 Å². The van der Waals surface area contributed by atoms with Crippen molar-refractivity contribution in [2.45, 2.75) is 32.9 Å². The molecule has 0 radical (unpaired) electrons. The minimum atomic E-state index is 0.232. The van der Waals surface area contributed by atoms with E-state index in [1.165, 1.54) is 0 Å². The highest BCUT2D eigenvalue weighted by Gasteiger charge is 2.20. The topological polar surface area (TPSA) is 38.7 Å². The Morgan fingerprint density at radius 2 is 1.81 bits per heavy atom. The van der Waals surface area contributed by atoms with Crippen LogP contribution in [0.25, 0.3) is 0 Å². The number of rotatable bonds is 6. The van der Waals surface area contributed by atoms with Gasteiger partial charge in [0.2, 0.25) is 0 Å². The van der Waals surface area contributed by atoms with Crippen molar-refractivity contribution in [3.05, 3.63) is 0 Å². The molecule has 0 aromatic heterocycles. The predicted octanol–water partition coefficient (Wildman–Crippen LogP) is -0.0172. The lowest BCUT2D eigenvalue weighted by molar-refractivity contribution is 0.0925. The van der Waals surface area contributed by atoms with Gasteiger partial charge in [0.15, 0.2) is 0 Å². The summed E-state index contributed by atoms with van der Waals surface area (Å²) in [5.74, 6) is 0. The molecule has 0 aromatic rings. The van der Waals surface area contributed by atoms with Crippen LogP contribution in [0.15, 0.2) is 0 Å². The zero-order chi connectivity index (χ0) is 12.0. The number of nitrogens with zero attached hydrogens (tertiary/aromatic N) is 2. The molecule has 2 N–H and O–H groups in total. The summed E-state index contributed by atoms with van der Waals surface area (Å²) in [6.07, 6.45) is 0. The Morgan fingerprint density at radius 3 is 2.25 bits per heavy atom. The predicted molar refractivity (Wildman–Crippen MR) is 67.7 cm³/mol. The van der Waals surface area contributed by atoms with Gasteiger partial charge in [-0.2, -0.15) is 0 Å². The van der Waals surface area contributed by atoms with Crippen molar-refractivity contribution in [2.24, 2.45) is 0 Å². The Bertz CT molecular complexity index is 179. The van der Waals surface area contributed by atoms with Crippen LogP contribution in [0.2, 0.25) is 0 Å². The lowest BCUT2D eigenvalue weighted by Crippen LogP contribution is -2.52. The molecule has 0 aromatic carbocycles. The molecule has 4 heteroatoms. The second-order valence-corrected chi connectivity index (χ2v) is 4.87. The van der Waals surface area contributed by atoms with Crippen molar-refractivity contribution in [2.75, 3.05) is 45.9 Å². The molecule has 16 heavy (non-hydrogen) atoms. The standard InChI is InChI=1S/C12H27N3O/c1-4-13-12(10-16)9-14-5-7-15(8-6-14)11(2)3/h11-13,16H,4-10H2,1-3H3. The van der Waals surface area contributed by atoms with Crippen molar-refractivity contribution in [3.63, 3.8) is 0 Å². The first-order valence-electron chi connectivity index (χ1n) is 6.48. The summed E-state index contributed by atoms with van der Waals surface area (Å²) in [5, 5.41) is 12.5. The molecule has 0 bridgehead atoms. The summed E-state index contributed by atoms with van der Waals surface area (Å²) in [4.78, 5) is 4.96. The SMILES string of the molecule is CCNC(CO)CN1CCN(C(C)C)CC1. The quantitative estimate of drug-likeness (QED) is 0.671. The smallest absolute Gasteiger partial charge is 0.0597 e. The summed E-state index contributed by atoms with van der Waals surface area (Å²) in [6, 6.07) is 0.889. The third-order valence-electron chi connectivity index (χ3n) is 3.33. The van der Waals surface area contributed by atoms with Crippen LogP contribution >= 0.6 is 0 Å². The van der Waals surface area contributed by atoms with Crippen LogP contribution in [0.4, 0.5) is 0 Å². The number of hydrogen-bond donors (Lipinski definition) is 2. The highest BCUT2D eigenvalue weighted by atomic mass is 16.3. The van der Waals surface area contributed by atoms with Gasteiger partial charge in [-0.15, -0.1) is 0 Å². The van der Waals surface area contributed by atoms with E-state index in [4.69, 9.17) is 0 Å². The number of piperazine rings is 1. The molecule has 1 atom stereocenters. The number of aliphatic hydroxyl groups is 1. The summed E-state index contributed by atoms with van der Waals surface area (Å²) < 4.78 is 0. The van der Waals surface area contributed by atoms with Crippen molar-refractivity contribution < 1.29 is 5.11 Å². The van der Waals surface area contributed by atoms with Crippen molar-refractivity contribution in [3.8, 4) is 0 Å². The van der Waals surface area contributed by atoms with Gasteiger partial charge in [-0.3, -0.25) is 9.80 Å². The molecule has 0 amide bonds. The van der Waals surface area contributed by atoms with Gasteiger partial charge in [-0.1, -0.05) is 6.92 Å². The van der Waals surface area contributed by atoms with Crippen LogP contribution in [0.3, 0.4) is 0 Å². The Labute approximate surface area is 99.6 Å². The average molecular weight is 229 g/mol. The van der Waals surface area contributed by atoms with E-state index in [1.807, 2.05) is 0 Å². The second-order valence-electron chi connectivity index (χ2n) is 4.87. The lowest BCUT2D eigenvalue weighted by Gasteiger charge is -2.38. The fourth-order valence-electron chi connectivity index (χ4n) is 2.25. The Hall–Kier alpha value is -0.160. The maximum atomic E-state index is 9.23. The number of likely N-dealkylation sites (N-methyl/N-ethyl adjacent to an activating group) is 1. The zero-order valence-corrected chi connectivity index (χ0v) is 10.9. The van der Waals surface area contributed by atoms with E-state index < -0.39 is 0 Å². The molecule has 0 saturated carbocycles. The monoisotopic (exact) mass is 229 g/mol. The first-order valence-corrected chi connectivity index (χ1v) is 6.48. The molecule has 1 fully saturated rings. The summed E-state index contributed by atoms with van der Waals surface area (Å²) >= 11 is 0. The van der Waals surface area contributed by atoms with Gasteiger partial charge in [0.1, 0.15) is 0 Å².